The van der Waals surface area contributed by atoms with E-state index in [1.54, 1.807) is 36.4 Å². The van der Waals surface area contributed by atoms with E-state index in [4.69, 9.17) is 0 Å². The molecule has 8 heteroatoms. The number of rotatable bonds is 11. The number of aryl methyl sites for hydroxylation is 2. The van der Waals surface area contributed by atoms with E-state index >= 15 is 0 Å². The molecule has 41 heavy (non-hydrogen) atoms. The molecule has 0 aliphatic carbocycles. The summed E-state index contributed by atoms with van der Waals surface area (Å²) >= 11 is 0. The van der Waals surface area contributed by atoms with Gasteiger partial charge in [-0.15, -0.1) is 0 Å². The number of hydrogen-bond donors (Lipinski definition) is 1. The number of carbonyl (C=O) groups is 2. The van der Waals surface area contributed by atoms with Gasteiger partial charge in [0.25, 0.3) is 10.0 Å². The van der Waals surface area contributed by atoms with E-state index in [2.05, 4.69) is 5.32 Å². The van der Waals surface area contributed by atoms with Crippen molar-refractivity contribution < 1.29 is 18.0 Å². The summed E-state index contributed by atoms with van der Waals surface area (Å²) in [6.45, 7) is 3.49. The molecule has 4 aromatic carbocycles. The van der Waals surface area contributed by atoms with Gasteiger partial charge in [-0.2, -0.15) is 0 Å². The molecule has 4 rings (SSSR count). The molecule has 2 amide bonds. The van der Waals surface area contributed by atoms with Crippen LogP contribution in [0.1, 0.15) is 22.3 Å². The molecule has 0 aliphatic heterocycles. The van der Waals surface area contributed by atoms with Gasteiger partial charge in [-0.1, -0.05) is 90.5 Å². The van der Waals surface area contributed by atoms with Crippen LogP contribution in [0.25, 0.3) is 0 Å². The quantitative estimate of drug-likeness (QED) is 0.279. The fourth-order valence-corrected chi connectivity index (χ4v) is 6.19. The largest absolute Gasteiger partial charge is 0.357 e. The molecule has 4 aromatic rings. The molecule has 0 saturated carbocycles. The highest BCUT2D eigenvalue weighted by Gasteiger charge is 2.34. The molecule has 0 heterocycles. The van der Waals surface area contributed by atoms with Crippen molar-refractivity contribution in [2.45, 2.75) is 37.8 Å². The summed E-state index contributed by atoms with van der Waals surface area (Å²) < 4.78 is 29.0. The maximum absolute atomic E-state index is 14.3. The van der Waals surface area contributed by atoms with Crippen LogP contribution < -0.4 is 9.62 Å². The number of carbonyl (C=O) groups excluding carboxylic acids is 2. The van der Waals surface area contributed by atoms with Crippen LogP contribution in [0.15, 0.2) is 114 Å². The zero-order valence-corrected chi connectivity index (χ0v) is 24.3. The van der Waals surface area contributed by atoms with Gasteiger partial charge in [0.1, 0.15) is 12.6 Å². The Labute approximate surface area is 242 Å². The summed E-state index contributed by atoms with van der Waals surface area (Å²) in [7, 11) is -2.57. The van der Waals surface area contributed by atoms with E-state index in [1.807, 2.05) is 74.5 Å². The first-order valence-corrected chi connectivity index (χ1v) is 14.9. The Balaban J connectivity index is 1.78. The first kappa shape index (κ1) is 29.6. The molecule has 1 atom stereocenters. The second-order valence-corrected chi connectivity index (χ2v) is 11.9. The average Bonchev–Trinajstić information content (AvgIpc) is 2.98. The second-order valence-electron chi connectivity index (χ2n) is 9.99. The minimum Gasteiger partial charge on any atom is -0.357 e. The summed E-state index contributed by atoms with van der Waals surface area (Å²) in [4.78, 5) is 29.1. The van der Waals surface area contributed by atoms with E-state index in [-0.39, 0.29) is 23.8 Å². The zero-order chi connectivity index (χ0) is 29.4. The molecular weight excluding hydrogens is 534 g/mol. The van der Waals surface area contributed by atoms with Crippen molar-refractivity contribution in [1.82, 2.24) is 10.2 Å². The molecule has 0 aliphatic rings. The Hall–Kier alpha value is -4.43. The Morgan fingerprint density at radius 1 is 0.756 bits per heavy atom. The van der Waals surface area contributed by atoms with E-state index in [0.29, 0.717) is 5.69 Å². The van der Waals surface area contributed by atoms with Crippen LogP contribution in [0.4, 0.5) is 5.69 Å². The minimum atomic E-state index is -4.10. The van der Waals surface area contributed by atoms with Crippen LogP contribution in [0.3, 0.4) is 0 Å². The molecule has 0 radical (unpaired) electrons. The topological polar surface area (TPSA) is 86.8 Å². The van der Waals surface area contributed by atoms with Crippen molar-refractivity contribution in [3.63, 3.8) is 0 Å². The molecule has 0 fully saturated rings. The molecule has 0 spiro atoms. The average molecular weight is 570 g/mol. The maximum Gasteiger partial charge on any atom is 0.264 e. The van der Waals surface area contributed by atoms with Gasteiger partial charge in [-0.05, 0) is 54.8 Å². The third-order valence-corrected chi connectivity index (χ3v) is 8.64. The summed E-state index contributed by atoms with van der Waals surface area (Å²) in [5.74, 6) is -0.820. The number of amides is 2. The van der Waals surface area contributed by atoms with Gasteiger partial charge < -0.3 is 10.2 Å². The third kappa shape index (κ3) is 7.41. The van der Waals surface area contributed by atoms with E-state index < -0.39 is 28.5 Å². The van der Waals surface area contributed by atoms with Crippen molar-refractivity contribution in [2.75, 3.05) is 17.9 Å². The summed E-state index contributed by atoms with van der Waals surface area (Å²) in [5, 5.41) is 2.70. The normalized spacial score (nSPS) is 11.9. The van der Waals surface area contributed by atoms with Gasteiger partial charge >= 0.3 is 0 Å². The summed E-state index contributed by atoms with van der Waals surface area (Å²) in [6.07, 6.45) is 0.272. The standard InChI is InChI=1S/C33H35N3O4S/c1-25-12-10-16-28(20-25)23-35(31(33(38)34-3)22-27-14-6-4-7-15-27)32(37)24-36(29-17-11-13-26(2)21-29)41(39,40)30-18-8-5-9-19-30/h4-21,31H,22-24H2,1-3H3,(H,34,38)/t31-/m1/s1. The van der Waals surface area contributed by atoms with Crippen molar-refractivity contribution in [3.8, 4) is 0 Å². The number of likely N-dealkylation sites (N-methyl/N-ethyl adjacent to an activating group) is 1. The van der Waals surface area contributed by atoms with Crippen LogP contribution in [-0.2, 0) is 32.6 Å². The monoisotopic (exact) mass is 569 g/mol. The molecule has 0 bridgehead atoms. The van der Waals surface area contributed by atoms with Gasteiger partial charge in [0.2, 0.25) is 11.8 Å². The number of benzene rings is 4. The van der Waals surface area contributed by atoms with E-state index in [1.165, 1.54) is 24.1 Å². The number of nitrogens with zero attached hydrogens (tertiary/aromatic N) is 2. The van der Waals surface area contributed by atoms with Gasteiger partial charge in [0, 0.05) is 20.0 Å². The highest BCUT2D eigenvalue weighted by molar-refractivity contribution is 7.92. The molecular formula is C33H35N3O4S. The highest BCUT2D eigenvalue weighted by Crippen LogP contribution is 2.26. The predicted molar refractivity (Wildman–Crippen MR) is 162 cm³/mol. The fraction of sp³-hybridized carbons (Fsp3) is 0.212. The lowest BCUT2D eigenvalue weighted by molar-refractivity contribution is -0.139. The van der Waals surface area contributed by atoms with Gasteiger partial charge in [0.05, 0.1) is 10.6 Å². The first-order valence-electron chi connectivity index (χ1n) is 13.4. The molecule has 212 valence electrons. The SMILES string of the molecule is CNC(=O)[C@@H](Cc1ccccc1)N(Cc1cccc(C)c1)C(=O)CN(c1cccc(C)c1)S(=O)(=O)c1ccccc1. The van der Waals surface area contributed by atoms with Gasteiger partial charge in [0.15, 0.2) is 0 Å². The number of sulfonamides is 1. The third-order valence-electron chi connectivity index (χ3n) is 6.85. The zero-order valence-electron chi connectivity index (χ0n) is 23.5. The lowest BCUT2D eigenvalue weighted by Gasteiger charge is -2.33. The molecule has 0 aromatic heterocycles. The summed E-state index contributed by atoms with van der Waals surface area (Å²) in [6, 6.07) is 31.4. The van der Waals surface area contributed by atoms with Crippen LogP contribution in [0.5, 0.6) is 0 Å². The number of anilines is 1. The van der Waals surface area contributed by atoms with Crippen molar-refractivity contribution >= 4 is 27.5 Å². The van der Waals surface area contributed by atoms with Crippen molar-refractivity contribution in [3.05, 3.63) is 131 Å². The lowest BCUT2D eigenvalue weighted by atomic mass is 10.0. The predicted octanol–water partition coefficient (Wildman–Crippen LogP) is 4.88. The molecule has 7 nitrogen and oxygen atoms in total. The van der Waals surface area contributed by atoms with Crippen LogP contribution in [0, 0.1) is 13.8 Å². The Morgan fingerprint density at radius 2 is 1.34 bits per heavy atom. The van der Waals surface area contributed by atoms with Crippen LogP contribution in [0.2, 0.25) is 0 Å². The van der Waals surface area contributed by atoms with E-state index in [9.17, 15) is 18.0 Å². The van der Waals surface area contributed by atoms with E-state index in [0.717, 1.165) is 26.6 Å². The van der Waals surface area contributed by atoms with Crippen molar-refractivity contribution in [2.24, 2.45) is 0 Å². The molecule has 0 unspecified atom stereocenters. The van der Waals surface area contributed by atoms with Crippen molar-refractivity contribution in [1.29, 1.82) is 0 Å². The van der Waals surface area contributed by atoms with Gasteiger partial charge in [-0.3, -0.25) is 13.9 Å². The maximum atomic E-state index is 14.3. The Morgan fingerprint density at radius 3 is 1.95 bits per heavy atom. The Kier molecular flexibility index (Phi) is 9.57. The number of hydrogen-bond acceptors (Lipinski definition) is 4. The number of nitrogens with one attached hydrogen (secondary N) is 1. The first-order chi connectivity index (χ1) is 19.7. The lowest BCUT2D eigenvalue weighted by Crippen LogP contribution is -2.53. The minimum absolute atomic E-state index is 0.0756. The van der Waals surface area contributed by atoms with Crippen LogP contribution in [-0.4, -0.2) is 44.8 Å². The smallest absolute Gasteiger partial charge is 0.264 e. The molecule has 1 N–H and O–H groups in total. The van der Waals surface area contributed by atoms with Crippen LogP contribution >= 0.6 is 0 Å². The highest BCUT2D eigenvalue weighted by atomic mass is 32.2. The molecule has 0 saturated heterocycles. The second kappa shape index (κ2) is 13.3. The summed E-state index contributed by atoms with van der Waals surface area (Å²) in [5.41, 5.74) is 3.97. The fourth-order valence-electron chi connectivity index (χ4n) is 4.76. The van der Waals surface area contributed by atoms with Gasteiger partial charge in [-0.25, -0.2) is 8.42 Å². The Bertz CT molecular complexity index is 1590.